The zero-order valence-electron chi connectivity index (χ0n) is 52.3. The van der Waals surface area contributed by atoms with Gasteiger partial charge in [-0.3, -0.25) is 0 Å². The molecule has 0 amide bonds. The molecule has 23 fully saturated rings. The third kappa shape index (κ3) is 15.9. The van der Waals surface area contributed by atoms with Gasteiger partial charge in [0.2, 0.25) is 0 Å². The summed E-state index contributed by atoms with van der Waals surface area (Å²) >= 11 is 0. The van der Waals surface area contributed by atoms with Gasteiger partial charge in [-0.25, -0.2) is 4.79 Å². The lowest BCUT2D eigenvalue weighted by atomic mass is 9.81. The van der Waals surface area contributed by atoms with Crippen molar-refractivity contribution < 1.29 is 223 Å². The van der Waals surface area contributed by atoms with E-state index in [1.54, 1.807) is 0 Å². The second-order valence-electron chi connectivity index (χ2n) is 25.8. The fourth-order valence-corrected chi connectivity index (χ4v) is 13.8. The van der Waals surface area contributed by atoms with E-state index in [-0.39, 0.29) is 0 Å². The number of hydrogen-bond acceptors (Lipinski definition) is 44. The molecule has 23 aliphatic heterocycles. The molecule has 45 atom stereocenters. The van der Waals surface area contributed by atoms with E-state index in [1.807, 2.05) is 0 Å². The lowest BCUT2D eigenvalue weighted by molar-refractivity contribution is -0.399. The van der Waals surface area contributed by atoms with Gasteiger partial charge in [0.15, 0.2) is 56.4 Å². The van der Waals surface area contributed by atoms with Crippen molar-refractivity contribution in [1.82, 2.24) is 0 Å². The smallest absolute Gasteiger partial charge is 0.335 e. The molecule has 0 aromatic heterocycles. The molecule has 0 spiro atoms. The van der Waals surface area contributed by atoms with E-state index < -0.39 is 341 Å². The van der Waals surface area contributed by atoms with Crippen molar-refractivity contribution in [3.05, 3.63) is 0 Å². The Morgan fingerprint density at radius 1 is 0.280 bits per heavy atom. The highest BCUT2D eigenvalue weighted by Crippen LogP contribution is 2.41. The van der Waals surface area contributed by atoms with Crippen molar-refractivity contribution in [1.29, 1.82) is 0 Å². The number of aliphatic hydroxyl groups excluding tert-OH is 26. The fourth-order valence-electron chi connectivity index (χ4n) is 13.8. The minimum absolute atomic E-state index is 0.613. The van der Waals surface area contributed by atoms with Gasteiger partial charge in [0.05, 0.1) is 71.2 Å². The lowest BCUT2D eigenvalue weighted by Gasteiger charge is -2.50. The summed E-state index contributed by atoms with van der Waals surface area (Å²) in [7, 11) is 0. The van der Waals surface area contributed by atoms with Gasteiger partial charge in [0.25, 0.3) is 0 Å². The molecule has 14 bridgehead atoms. The van der Waals surface area contributed by atoms with Crippen LogP contribution in [0.15, 0.2) is 0 Å². The van der Waals surface area contributed by atoms with Gasteiger partial charge in [-0.05, 0) is 6.42 Å². The van der Waals surface area contributed by atoms with Gasteiger partial charge >= 0.3 is 5.97 Å². The molecule has 27 N–H and O–H groups in total. The van der Waals surface area contributed by atoms with E-state index in [0.29, 0.717) is 0 Å². The van der Waals surface area contributed by atoms with Crippen molar-refractivity contribution in [2.75, 3.05) is 52.9 Å². The zero-order valence-corrected chi connectivity index (χ0v) is 52.3. The van der Waals surface area contributed by atoms with Crippen molar-refractivity contribution in [3.63, 3.8) is 0 Å². The summed E-state index contributed by atoms with van der Waals surface area (Å²) in [5.74, 6) is -3.28. The van der Waals surface area contributed by atoms with E-state index >= 15 is 0 Å². The van der Waals surface area contributed by atoms with Gasteiger partial charge in [-0.2, -0.15) is 0 Å². The second-order valence-corrected chi connectivity index (χ2v) is 25.8. The highest BCUT2D eigenvalue weighted by Gasteiger charge is 2.61. The molecule has 45 nitrogen and oxygen atoms in total. The number of carbonyl (C=O) groups is 1. The highest BCUT2D eigenvalue weighted by molar-refractivity contribution is 5.73. The van der Waals surface area contributed by atoms with Crippen LogP contribution in [-0.2, 0) is 85.3 Å². The van der Waals surface area contributed by atoms with E-state index in [2.05, 4.69) is 0 Å². The van der Waals surface area contributed by atoms with Gasteiger partial charge in [0, 0.05) is 5.92 Å². The molecule has 0 saturated carbocycles. The fraction of sp³-hybridized carbons (Fsp3) is 0.982. The van der Waals surface area contributed by atoms with Crippen LogP contribution in [0.5, 0.6) is 0 Å². The Balaban J connectivity index is 0.938. The van der Waals surface area contributed by atoms with Crippen LogP contribution in [0.3, 0.4) is 0 Å². The average molecular weight is 1470 g/mol. The summed E-state index contributed by atoms with van der Waals surface area (Å²) < 4.78 is 97.7. The van der Waals surface area contributed by atoms with Crippen LogP contribution in [0, 0.1) is 5.92 Å². The monoisotopic (exact) mass is 1470 g/mol. The van der Waals surface area contributed by atoms with E-state index in [4.69, 9.17) is 80.5 Å². The standard InChI is InChI=1S/C55H90O45/c56-2-12-10-1-11-21(64)23(66)39(13(3-57)85-11)93-50-34(77)28(71)44(18(8-62)88-50)97-54-38(81)30(73)45(19(92-54)9-84-48-33(76)25(68)40(14(4-58)87-48)98-55-32(75)22(65)24(67)46(100-55)47(82)83)99-53-37(80)29(72)43(17(7-61)91-53)96-52-36(79)27(70)42(16(6-60)90-52)95-51-35(78)26(69)41(15(5-59)89-51)94-49(86-12)31(74)20(10)63/h10-46,48-81H,1-9H2,(H,82,83)/t10?,11?,12-,13-,14-,15-,16-,17-,18-,19+,20-,21+,22+,23-,24+,25-,26-,27-,28-,29-,30-,31-,32-,33-,34-,35-,36-,37-,38-,39?,40-,41?,42-,43-,44-,45-,46+,48-,49-,50-,51-,52-,53?,54-,55-/m1/s1. The summed E-state index contributed by atoms with van der Waals surface area (Å²) in [6, 6.07) is 0. The Morgan fingerprint density at radius 3 is 0.950 bits per heavy atom. The van der Waals surface area contributed by atoms with Gasteiger partial charge in [0.1, 0.15) is 195 Å². The number of rotatable bonds is 13. The molecule has 5 unspecified atom stereocenters. The molecule has 100 heavy (non-hydrogen) atoms. The minimum Gasteiger partial charge on any atom is -0.479 e. The second kappa shape index (κ2) is 33.9. The van der Waals surface area contributed by atoms with Crippen molar-refractivity contribution in [2.24, 2.45) is 5.92 Å². The number of aliphatic carboxylic acids is 1. The minimum atomic E-state index is -2.44. The summed E-state index contributed by atoms with van der Waals surface area (Å²) in [5.41, 5.74) is 0. The third-order valence-corrected chi connectivity index (χ3v) is 19.5. The van der Waals surface area contributed by atoms with Gasteiger partial charge in [-0.15, -0.1) is 0 Å². The predicted octanol–water partition coefficient (Wildman–Crippen LogP) is -18.8. The van der Waals surface area contributed by atoms with Gasteiger partial charge in [-0.1, -0.05) is 0 Å². The molecule has 0 aromatic rings. The van der Waals surface area contributed by atoms with Crippen molar-refractivity contribution in [3.8, 4) is 0 Å². The first kappa shape index (κ1) is 80.3. The van der Waals surface area contributed by atoms with Gasteiger partial charge < -0.3 is 218 Å². The van der Waals surface area contributed by atoms with Crippen LogP contribution in [0.4, 0.5) is 0 Å². The molecule has 23 saturated heterocycles. The maximum Gasteiger partial charge on any atom is 0.335 e. The Kier molecular flexibility index (Phi) is 27.2. The number of ether oxygens (including phenoxy) is 17. The Labute approximate surface area is 563 Å². The number of carboxylic acid groups (broad SMARTS) is 1. The largest absolute Gasteiger partial charge is 0.479 e. The van der Waals surface area contributed by atoms with Crippen LogP contribution in [0.1, 0.15) is 6.42 Å². The Bertz CT molecular complexity index is 2540. The summed E-state index contributed by atoms with van der Waals surface area (Å²) in [6.07, 6.45) is -93.4. The van der Waals surface area contributed by atoms with E-state index in [0.717, 1.165) is 0 Å². The van der Waals surface area contributed by atoms with Crippen molar-refractivity contribution in [2.45, 2.75) is 276 Å². The third-order valence-electron chi connectivity index (χ3n) is 19.5. The predicted molar refractivity (Wildman–Crippen MR) is 297 cm³/mol. The summed E-state index contributed by atoms with van der Waals surface area (Å²) in [6.45, 7) is -8.85. The molecule has 45 heteroatoms. The Hall–Kier alpha value is -2.25. The Morgan fingerprint density at radius 2 is 0.590 bits per heavy atom. The van der Waals surface area contributed by atoms with Crippen LogP contribution >= 0.6 is 0 Å². The first-order valence-electron chi connectivity index (χ1n) is 32.0. The first-order chi connectivity index (χ1) is 47.5. The molecule has 0 radical (unpaired) electrons. The lowest BCUT2D eigenvalue weighted by Crippen LogP contribution is -2.68. The number of carboxylic acids is 1. The maximum absolute atomic E-state index is 12.0. The molecule has 23 rings (SSSR count). The average Bonchev–Trinajstić information content (AvgIpc) is 0.777. The molecule has 23 heterocycles. The molecular formula is C55H90O45. The normalized spacial score (nSPS) is 54.6. The SMILES string of the molecule is O=C(O)[C@H]1O[C@@H](O[C@H]2[C@H](O)[C@@H](O)[C@H](OC[C@@H]3O[C@@H]4O[C@H]5[C@H](O)[C@@H](O)[C@@H](OC6[C@@H](CO)OC(CC7[C@@H](O)[C@@H](O)[C@@H](OC8[C@@H](CO)O[C@H](O[C@H]9[C@H](O)[C@@H](O)[C@@H](O[C@H]%10[C@H](O)[C@@H](O)C(O[C@H]3[C@H](O)[C@H]4O)O[C@@H]%10CO)O[C@@H]9CO)[C@H](O)[C@H]8O)O[C@@H]7CO)[C@H](O)[C@H]6O)O[C@@H]5CO)O[C@@H]2CO)[C@H](O)[C@@H](O)[C@@H]1O. The van der Waals surface area contributed by atoms with E-state index in [1.165, 1.54) is 0 Å². The highest BCUT2D eigenvalue weighted by atomic mass is 16.8. The zero-order chi connectivity index (χ0) is 72.9. The van der Waals surface area contributed by atoms with Crippen molar-refractivity contribution >= 4 is 5.97 Å². The van der Waals surface area contributed by atoms with Crippen LogP contribution in [0.25, 0.3) is 0 Å². The first-order valence-corrected chi connectivity index (χ1v) is 32.0. The number of aliphatic hydroxyl groups is 26. The molecule has 0 aromatic carbocycles. The molecular weight excluding hydrogens is 1380 g/mol. The molecule has 0 aliphatic carbocycles. The molecule has 23 aliphatic rings. The quantitative estimate of drug-likeness (QED) is 0.0814. The van der Waals surface area contributed by atoms with Crippen LogP contribution < -0.4 is 0 Å². The topological polar surface area (TPSA) is 720 Å². The van der Waals surface area contributed by atoms with Crippen LogP contribution in [0.2, 0.25) is 0 Å². The molecule has 580 valence electrons. The summed E-state index contributed by atoms with van der Waals surface area (Å²) in [5, 5.41) is 300. The number of hydrogen-bond donors (Lipinski definition) is 27. The maximum atomic E-state index is 12.0. The van der Waals surface area contributed by atoms with E-state index in [9.17, 15) is 143 Å². The summed E-state index contributed by atoms with van der Waals surface area (Å²) in [4.78, 5) is 11.8. The van der Waals surface area contributed by atoms with Crippen LogP contribution in [-0.4, -0.2) is 467 Å².